The Labute approximate surface area is 111 Å². The van der Waals surface area contributed by atoms with Gasteiger partial charge in [-0.1, -0.05) is 12.1 Å². The van der Waals surface area contributed by atoms with Gasteiger partial charge in [-0.15, -0.1) is 0 Å². The quantitative estimate of drug-likeness (QED) is 0.832. The van der Waals surface area contributed by atoms with E-state index in [1.165, 1.54) is 7.11 Å². The molecule has 1 aromatic carbocycles. The number of benzene rings is 1. The third kappa shape index (κ3) is 2.98. The predicted molar refractivity (Wildman–Crippen MR) is 72.0 cm³/mol. The number of para-hydroxylation sites is 2. The molecule has 0 aliphatic heterocycles. The van der Waals surface area contributed by atoms with Crippen LogP contribution in [0.4, 0.5) is 5.69 Å². The highest BCUT2D eigenvalue weighted by atomic mass is 16.5. The number of carbonyl (C=O) groups excluding carboxylic acids is 1. The van der Waals surface area contributed by atoms with Gasteiger partial charge in [-0.2, -0.15) is 5.10 Å². The second-order valence-electron chi connectivity index (χ2n) is 3.92. The molecular formula is C13H16N4O2. The van der Waals surface area contributed by atoms with Gasteiger partial charge in [-0.05, 0) is 18.2 Å². The van der Waals surface area contributed by atoms with Crippen molar-refractivity contribution in [1.82, 2.24) is 9.78 Å². The van der Waals surface area contributed by atoms with Gasteiger partial charge in [0.1, 0.15) is 6.10 Å². The number of ether oxygens (including phenoxy) is 1. The van der Waals surface area contributed by atoms with Gasteiger partial charge in [0.25, 0.3) is 5.91 Å². The maximum Gasteiger partial charge on any atom is 0.254 e. The van der Waals surface area contributed by atoms with E-state index in [2.05, 4.69) is 10.4 Å². The van der Waals surface area contributed by atoms with E-state index in [0.29, 0.717) is 5.69 Å². The molecule has 0 saturated heterocycles. The minimum absolute atomic E-state index is 0.131. The van der Waals surface area contributed by atoms with E-state index < -0.39 is 6.10 Å². The lowest BCUT2D eigenvalue weighted by molar-refractivity contribution is -0.125. The summed E-state index contributed by atoms with van der Waals surface area (Å²) in [6, 6.07) is 9.21. The van der Waals surface area contributed by atoms with Gasteiger partial charge in [0.05, 0.1) is 11.4 Å². The molecule has 6 nitrogen and oxygen atoms in total. The average Bonchev–Trinajstić information content (AvgIpc) is 2.94. The monoisotopic (exact) mass is 260 g/mol. The fourth-order valence-corrected chi connectivity index (χ4v) is 1.71. The van der Waals surface area contributed by atoms with Gasteiger partial charge in [0.15, 0.2) is 0 Å². The Hall–Kier alpha value is -2.18. The molecule has 1 atom stereocenters. The van der Waals surface area contributed by atoms with Gasteiger partial charge in [-0.25, -0.2) is 4.68 Å². The molecule has 0 aliphatic rings. The number of methoxy groups -OCH3 is 1. The van der Waals surface area contributed by atoms with Crippen LogP contribution in [-0.2, 0) is 9.53 Å². The van der Waals surface area contributed by atoms with Crippen LogP contribution in [0.25, 0.3) is 5.69 Å². The van der Waals surface area contributed by atoms with Crippen molar-refractivity contribution in [3.05, 3.63) is 42.7 Å². The zero-order chi connectivity index (χ0) is 13.7. The van der Waals surface area contributed by atoms with Gasteiger partial charge in [-0.3, -0.25) is 4.79 Å². The first-order valence-corrected chi connectivity index (χ1v) is 5.89. The largest absolute Gasteiger partial charge is 0.370 e. The van der Waals surface area contributed by atoms with Crippen LogP contribution in [0.5, 0.6) is 0 Å². The molecule has 2 aromatic rings. The summed E-state index contributed by atoms with van der Waals surface area (Å²) in [4.78, 5) is 12.0. The summed E-state index contributed by atoms with van der Waals surface area (Å²) >= 11 is 0. The summed E-state index contributed by atoms with van der Waals surface area (Å²) in [5.41, 5.74) is 6.91. The minimum Gasteiger partial charge on any atom is -0.370 e. The van der Waals surface area contributed by atoms with Crippen LogP contribution in [-0.4, -0.2) is 35.4 Å². The first kappa shape index (κ1) is 13.3. The number of nitrogens with one attached hydrogen (secondary N) is 1. The molecule has 0 radical (unpaired) electrons. The highest BCUT2D eigenvalue weighted by molar-refractivity contribution is 5.96. The van der Waals surface area contributed by atoms with Crippen molar-refractivity contribution in [2.45, 2.75) is 6.10 Å². The molecule has 1 aromatic heterocycles. The second kappa shape index (κ2) is 6.12. The van der Waals surface area contributed by atoms with Crippen LogP contribution in [0.15, 0.2) is 42.7 Å². The molecule has 0 saturated carbocycles. The molecule has 0 aliphatic carbocycles. The predicted octanol–water partition coefficient (Wildman–Crippen LogP) is 0.784. The van der Waals surface area contributed by atoms with Crippen molar-refractivity contribution in [2.24, 2.45) is 5.73 Å². The molecule has 2 rings (SSSR count). The molecule has 1 heterocycles. The third-order valence-corrected chi connectivity index (χ3v) is 2.70. The van der Waals surface area contributed by atoms with Crippen LogP contribution < -0.4 is 11.1 Å². The summed E-state index contributed by atoms with van der Waals surface area (Å²) in [6.45, 7) is 0.131. The third-order valence-electron chi connectivity index (χ3n) is 2.70. The average molecular weight is 260 g/mol. The summed E-state index contributed by atoms with van der Waals surface area (Å²) in [5.74, 6) is -0.274. The maximum atomic E-state index is 12.0. The zero-order valence-electron chi connectivity index (χ0n) is 10.6. The molecule has 1 unspecified atom stereocenters. The molecule has 19 heavy (non-hydrogen) atoms. The molecular weight excluding hydrogens is 244 g/mol. The van der Waals surface area contributed by atoms with Crippen molar-refractivity contribution in [3.8, 4) is 5.69 Å². The summed E-state index contributed by atoms with van der Waals surface area (Å²) in [5, 5.41) is 6.94. The lowest BCUT2D eigenvalue weighted by atomic mass is 10.2. The number of rotatable bonds is 5. The Morgan fingerprint density at radius 1 is 1.47 bits per heavy atom. The van der Waals surface area contributed by atoms with Crippen LogP contribution in [0.2, 0.25) is 0 Å². The van der Waals surface area contributed by atoms with Gasteiger partial charge >= 0.3 is 0 Å². The molecule has 1 amide bonds. The van der Waals surface area contributed by atoms with E-state index in [-0.39, 0.29) is 12.5 Å². The van der Waals surface area contributed by atoms with Crippen molar-refractivity contribution >= 4 is 11.6 Å². The highest BCUT2D eigenvalue weighted by Crippen LogP contribution is 2.19. The minimum atomic E-state index is -0.661. The first-order chi connectivity index (χ1) is 9.26. The SMILES string of the molecule is COC(CN)C(=O)Nc1ccccc1-n1cccn1. The smallest absolute Gasteiger partial charge is 0.254 e. The van der Waals surface area contributed by atoms with E-state index in [0.717, 1.165) is 5.69 Å². The van der Waals surface area contributed by atoms with E-state index in [1.54, 1.807) is 16.9 Å². The van der Waals surface area contributed by atoms with Crippen molar-refractivity contribution in [1.29, 1.82) is 0 Å². The van der Waals surface area contributed by atoms with Gasteiger partial charge < -0.3 is 15.8 Å². The number of anilines is 1. The Morgan fingerprint density at radius 3 is 2.89 bits per heavy atom. The lowest BCUT2D eigenvalue weighted by Gasteiger charge is -2.15. The topological polar surface area (TPSA) is 82.2 Å². The second-order valence-corrected chi connectivity index (χ2v) is 3.92. The number of carbonyl (C=O) groups is 1. The highest BCUT2D eigenvalue weighted by Gasteiger charge is 2.17. The summed E-state index contributed by atoms with van der Waals surface area (Å²) in [6.07, 6.45) is 2.82. The first-order valence-electron chi connectivity index (χ1n) is 5.89. The zero-order valence-corrected chi connectivity index (χ0v) is 10.6. The molecule has 0 bridgehead atoms. The molecule has 6 heteroatoms. The number of aromatic nitrogens is 2. The fraction of sp³-hybridized carbons (Fsp3) is 0.231. The number of hydrogen-bond donors (Lipinski definition) is 2. The van der Waals surface area contributed by atoms with E-state index in [1.807, 2.05) is 30.5 Å². The number of nitrogens with two attached hydrogens (primary N) is 1. The van der Waals surface area contributed by atoms with Crippen LogP contribution in [0.3, 0.4) is 0 Å². The van der Waals surface area contributed by atoms with E-state index in [9.17, 15) is 4.79 Å². The molecule has 3 N–H and O–H groups in total. The van der Waals surface area contributed by atoms with Gasteiger partial charge in [0.2, 0.25) is 0 Å². The van der Waals surface area contributed by atoms with Crippen LogP contribution >= 0.6 is 0 Å². The molecule has 0 fully saturated rings. The van der Waals surface area contributed by atoms with Crippen LogP contribution in [0, 0.1) is 0 Å². The Kier molecular flexibility index (Phi) is 4.27. The van der Waals surface area contributed by atoms with Crippen molar-refractivity contribution in [3.63, 3.8) is 0 Å². The molecule has 0 spiro atoms. The number of nitrogens with zero attached hydrogens (tertiary/aromatic N) is 2. The Balaban J connectivity index is 2.24. The number of amides is 1. The van der Waals surface area contributed by atoms with E-state index in [4.69, 9.17) is 10.5 Å². The van der Waals surface area contributed by atoms with Crippen molar-refractivity contribution < 1.29 is 9.53 Å². The number of hydrogen-bond acceptors (Lipinski definition) is 4. The Morgan fingerprint density at radius 2 is 2.26 bits per heavy atom. The molecule has 100 valence electrons. The fourth-order valence-electron chi connectivity index (χ4n) is 1.71. The summed E-state index contributed by atoms with van der Waals surface area (Å²) in [7, 11) is 1.45. The Bertz CT molecular complexity index is 535. The maximum absolute atomic E-state index is 12.0. The van der Waals surface area contributed by atoms with Crippen molar-refractivity contribution in [2.75, 3.05) is 19.0 Å². The normalized spacial score (nSPS) is 12.1. The van der Waals surface area contributed by atoms with Gasteiger partial charge in [0, 0.05) is 26.0 Å². The van der Waals surface area contributed by atoms with Crippen LogP contribution in [0.1, 0.15) is 0 Å². The summed E-state index contributed by atoms with van der Waals surface area (Å²) < 4.78 is 6.69. The lowest BCUT2D eigenvalue weighted by Crippen LogP contribution is -2.36. The standard InChI is InChI=1S/C13H16N4O2/c1-19-12(9-14)13(18)16-10-5-2-3-6-11(10)17-8-4-7-15-17/h2-8,12H,9,14H2,1H3,(H,16,18). The van der Waals surface area contributed by atoms with E-state index >= 15 is 0 Å².